The van der Waals surface area contributed by atoms with Crippen molar-refractivity contribution < 1.29 is 4.74 Å². The van der Waals surface area contributed by atoms with Crippen LogP contribution in [0.1, 0.15) is 10.4 Å². The number of nitriles is 1. The van der Waals surface area contributed by atoms with Gasteiger partial charge in [-0.3, -0.25) is 0 Å². The maximum atomic E-state index is 8.87. The number of nitrogens with one attached hydrogen (secondary N) is 1. The Morgan fingerprint density at radius 3 is 2.86 bits per heavy atom. The molecule has 1 N–H and O–H groups in total. The number of anilines is 2. The van der Waals surface area contributed by atoms with Crippen LogP contribution in [0.4, 0.5) is 11.4 Å². The normalized spacial score (nSPS) is 14.7. The molecule has 0 amide bonds. The predicted molar refractivity (Wildman–Crippen MR) is 85.8 cm³/mol. The van der Waals surface area contributed by atoms with Crippen molar-refractivity contribution >= 4 is 22.7 Å². The molecule has 0 radical (unpaired) electrons. The average molecular weight is 299 g/mol. The summed E-state index contributed by atoms with van der Waals surface area (Å²) in [6.45, 7) is 4.16. The van der Waals surface area contributed by atoms with Gasteiger partial charge < -0.3 is 15.0 Å². The molecular formula is C16H17N3OS. The molecule has 4 nitrogen and oxygen atoms in total. The number of morpholine rings is 1. The molecule has 1 fully saturated rings. The van der Waals surface area contributed by atoms with Gasteiger partial charge in [0.05, 0.1) is 30.2 Å². The van der Waals surface area contributed by atoms with Gasteiger partial charge in [0.15, 0.2) is 0 Å². The summed E-state index contributed by atoms with van der Waals surface area (Å²) in [6, 6.07) is 12.5. The minimum absolute atomic E-state index is 0.735. The summed E-state index contributed by atoms with van der Waals surface area (Å²) in [5, 5.41) is 14.2. The zero-order valence-electron chi connectivity index (χ0n) is 11.7. The van der Waals surface area contributed by atoms with Gasteiger partial charge in [0, 0.05) is 29.9 Å². The molecule has 1 aliphatic rings. The van der Waals surface area contributed by atoms with Crippen molar-refractivity contribution in [2.45, 2.75) is 6.54 Å². The highest BCUT2D eigenvalue weighted by molar-refractivity contribution is 7.10. The molecule has 1 aromatic heterocycles. The molecule has 21 heavy (non-hydrogen) atoms. The van der Waals surface area contributed by atoms with Crippen molar-refractivity contribution in [1.29, 1.82) is 5.26 Å². The van der Waals surface area contributed by atoms with E-state index in [0.29, 0.717) is 0 Å². The fourth-order valence-corrected chi connectivity index (χ4v) is 3.17. The van der Waals surface area contributed by atoms with Gasteiger partial charge in [0.1, 0.15) is 6.07 Å². The fourth-order valence-electron chi connectivity index (χ4n) is 2.42. The van der Waals surface area contributed by atoms with E-state index in [1.807, 2.05) is 17.5 Å². The molecule has 3 rings (SSSR count). The number of ether oxygens (including phenoxy) is 1. The molecule has 2 aromatic rings. The third kappa shape index (κ3) is 3.35. The highest BCUT2D eigenvalue weighted by Gasteiger charge is 2.14. The largest absolute Gasteiger partial charge is 0.378 e. The van der Waals surface area contributed by atoms with E-state index in [1.165, 1.54) is 10.6 Å². The van der Waals surface area contributed by atoms with Gasteiger partial charge in [-0.05, 0) is 18.2 Å². The van der Waals surface area contributed by atoms with Crippen LogP contribution < -0.4 is 10.2 Å². The standard InChI is InChI=1S/C16H17N3OS/c17-10-13-9-14(21-12-13)11-18-15-3-1-2-4-16(15)19-5-7-20-8-6-19/h1-4,9,12,18H,5-8,11H2. The second-order valence-corrected chi connectivity index (χ2v) is 5.88. The lowest BCUT2D eigenvalue weighted by Gasteiger charge is -2.30. The van der Waals surface area contributed by atoms with Crippen LogP contribution in [0.3, 0.4) is 0 Å². The van der Waals surface area contributed by atoms with Crippen molar-refractivity contribution in [1.82, 2.24) is 0 Å². The Kier molecular flexibility index (Phi) is 4.39. The summed E-state index contributed by atoms with van der Waals surface area (Å²) < 4.78 is 5.41. The lowest BCUT2D eigenvalue weighted by Crippen LogP contribution is -2.36. The number of para-hydroxylation sites is 2. The second kappa shape index (κ2) is 6.61. The second-order valence-electron chi connectivity index (χ2n) is 4.88. The Bertz CT molecular complexity index is 641. The third-order valence-electron chi connectivity index (χ3n) is 3.49. The van der Waals surface area contributed by atoms with E-state index in [9.17, 15) is 0 Å². The SMILES string of the molecule is N#Cc1csc(CNc2ccccc2N2CCOCC2)c1. The van der Waals surface area contributed by atoms with Crippen LogP contribution in [-0.2, 0) is 11.3 Å². The van der Waals surface area contributed by atoms with Crippen molar-refractivity contribution in [3.05, 3.63) is 46.2 Å². The van der Waals surface area contributed by atoms with E-state index in [4.69, 9.17) is 10.00 Å². The molecule has 2 heterocycles. The molecular weight excluding hydrogens is 282 g/mol. The lowest BCUT2D eigenvalue weighted by atomic mass is 10.2. The summed E-state index contributed by atoms with van der Waals surface area (Å²) in [6.07, 6.45) is 0. The molecule has 1 saturated heterocycles. The van der Waals surface area contributed by atoms with Crippen LogP contribution in [0.15, 0.2) is 35.7 Å². The summed E-state index contributed by atoms with van der Waals surface area (Å²) in [4.78, 5) is 3.52. The van der Waals surface area contributed by atoms with Gasteiger partial charge in [-0.25, -0.2) is 0 Å². The average Bonchev–Trinajstić information content (AvgIpc) is 3.02. The molecule has 5 heteroatoms. The number of rotatable bonds is 4. The molecule has 108 valence electrons. The van der Waals surface area contributed by atoms with Crippen LogP contribution >= 0.6 is 11.3 Å². The molecule has 1 aromatic carbocycles. The lowest BCUT2D eigenvalue weighted by molar-refractivity contribution is 0.123. The van der Waals surface area contributed by atoms with Gasteiger partial charge in [0.25, 0.3) is 0 Å². The fraction of sp³-hybridized carbons (Fsp3) is 0.312. The summed E-state index contributed by atoms with van der Waals surface area (Å²) in [5.41, 5.74) is 3.09. The molecule has 0 aliphatic carbocycles. The first-order valence-corrected chi connectivity index (χ1v) is 7.88. The first kappa shape index (κ1) is 13.9. The first-order chi connectivity index (χ1) is 10.4. The van der Waals surface area contributed by atoms with Crippen molar-refractivity contribution in [3.8, 4) is 6.07 Å². The maximum absolute atomic E-state index is 8.87. The third-order valence-corrected chi connectivity index (χ3v) is 4.43. The van der Waals surface area contributed by atoms with E-state index in [-0.39, 0.29) is 0 Å². The van der Waals surface area contributed by atoms with Gasteiger partial charge in [-0.1, -0.05) is 12.1 Å². The highest BCUT2D eigenvalue weighted by Crippen LogP contribution is 2.27. The predicted octanol–water partition coefficient (Wildman–Crippen LogP) is 3.07. The van der Waals surface area contributed by atoms with E-state index in [1.54, 1.807) is 11.3 Å². The zero-order chi connectivity index (χ0) is 14.5. The Hall–Kier alpha value is -2.03. The number of benzene rings is 1. The van der Waals surface area contributed by atoms with Crippen molar-refractivity contribution in [2.24, 2.45) is 0 Å². The highest BCUT2D eigenvalue weighted by atomic mass is 32.1. The molecule has 0 atom stereocenters. The Morgan fingerprint density at radius 1 is 1.29 bits per heavy atom. The van der Waals surface area contributed by atoms with Crippen LogP contribution in [-0.4, -0.2) is 26.3 Å². The van der Waals surface area contributed by atoms with Crippen molar-refractivity contribution in [2.75, 3.05) is 36.5 Å². The Morgan fingerprint density at radius 2 is 2.10 bits per heavy atom. The summed E-state index contributed by atoms with van der Waals surface area (Å²) in [7, 11) is 0. The smallest absolute Gasteiger partial charge is 0.100 e. The van der Waals surface area contributed by atoms with E-state index >= 15 is 0 Å². The van der Waals surface area contributed by atoms with Gasteiger partial charge >= 0.3 is 0 Å². The van der Waals surface area contributed by atoms with Crippen LogP contribution in [0, 0.1) is 11.3 Å². The van der Waals surface area contributed by atoms with E-state index in [0.717, 1.165) is 44.1 Å². The Balaban J connectivity index is 1.71. The molecule has 0 saturated carbocycles. The molecule has 0 bridgehead atoms. The van der Waals surface area contributed by atoms with Crippen LogP contribution in [0.25, 0.3) is 0 Å². The van der Waals surface area contributed by atoms with Gasteiger partial charge in [0.2, 0.25) is 0 Å². The number of nitrogens with zero attached hydrogens (tertiary/aromatic N) is 2. The summed E-state index contributed by atoms with van der Waals surface area (Å²) in [5.74, 6) is 0. The first-order valence-electron chi connectivity index (χ1n) is 7.00. The minimum atomic E-state index is 0.735. The van der Waals surface area contributed by atoms with Crippen LogP contribution in [0.5, 0.6) is 0 Å². The number of hydrogen-bond donors (Lipinski definition) is 1. The van der Waals surface area contributed by atoms with E-state index < -0.39 is 0 Å². The number of thiophene rings is 1. The quantitative estimate of drug-likeness (QED) is 0.942. The monoisotopic (exact) mass is 299 g/mol. The van der Waals surface area contributed by atoms with E-state index in [2.05, 4.69) is 34.5 Å². The topological polar surface area (TPSA) is 48.3 Å². The molecule has 0 spiro atoms. The molecule has 1 aliphatic heterocycles. The Labute approximate surface area is 128 Å². The minimum Gasteiger partial charge on any atom is -0.378 e. The molecule has 0 unspecified atom stereocenters. The van der Waals surface area contributed by atoms with Gasteiger partial charge in [-0.2, -0.15) is 5.26 Å². The zero-order valence-corrected chi connectivity index (χ0v) is 12.5. The van der Waals surface area contributed by atoms with Crippen molar-refractivity contribution in [3.63, 3.8) is 0 Å². The number of hydrogen-bond acceptors (Lipinski definition) is 5. The van der Waals surface area contributed by atoms with Gasteiger partial charge in [-0.15, -0.1) is 11.3 Å². The maximum Gasteiger partial charge on any atom is 0.100 e. The van der Waals surface area contributed by atoms with Crippen LogP contribution in [0.2, 0.25) is 0 Å². The summed E-state index contributed by atoms with van der Waals surface area (Å²) >= 11 is 1.62.